The summed E-state index contributed by atoms with van der Waals surface area (Å²) < 4.78 is 77.5. The molecule has 216 valence electrons. The molecule has 1 unspecified atom stereocenters. The van der Waals surface area contributed by atoms with Gasteiger partial charge in [-0.05, 0) is 49.6 Å². The van der Waals surface area contributed by atoms with Gasteiger partial charge in [0.15, 0.2) is 6.10 Å². The molecule has 0 aliphatic rings. The Bertz CT molecular complexity index is 1070. The number of nitrogens with one attached hydrogen (secondary N) is 1. The number of aryl methyl sites for hydroxylation is 1. The zero-order valence-electron chi connectivity index (χ0n) is 21.5. The van der Waals surface area contributed by atoms with Gasteiger partial charge in [0.1, 0.15) is 12.4 Å². The SMILES string of the molecule is CCOC(Cc1ccc(OCCN(CCCOC(F)(F)C(F)(F)F)C(=O)Nc2ccccc2C)cc1)C(=O)O. The van der Waals surface area contributed by atoms with Gasteiger partial charge in [0.25, 0.3) is 0 Å². The van der Waals surface area contributed by atoms with E-state index in [4.69, 9.17) is 9.47 Å². The fourth-order valence-electron chi connectivity index (χ4n) is 3.39. The molecule has 0 radical (unpaired) electrons. The van der Waals surface area contributed by atoms with Crippen molar-refractivity contribution in [3.05, 3.63) is 59.7 Å². The number of carboxylic acid groups (broad SMARTS) is 1. The molecule has 0 saturated carbocycles. The number of ether oxygens (including phenoxy) is 3. The maximum atomic E-state index is 13.0. The van der Waals surface area contributed by atoms with E-state index in [1.54, 1.807) is 62.4 Å². The first-order valence-corrected chi connectivity index (χ1v) is 12.1. The van der Waals surface area contributed by atoms with Crippen molar-refractivity contribution in [2.45, 2.75) is 45.1 Å². The second-order valence-corrected chi connectivity index (χ2v) is 8.43. The molecule has 0 saturated heterocycles. The summed E-state index contributed by atoms with van der Waals surface area (Å²) in [5.41, 5.74) is 1.98. The molecule has 1 atom stereocenters. The van der Waals surface area contributed by atoms with Crippen LogP contribution in [0.1, 0.15) is 24.5 Å². The van der Waals surface area contributed by atoms with Crippen molar-refractivity contribution in [3.8, 4) is 5.75 Å². The third-order valence-electron chi connectivity index (χ3n) is 5.48. The van der Waals surface area contributed by atoms with E-state index in [9.17, 15) is 36.6 Å². The van der Waals surface area contributed by atoms with E-state index in [-0.39, 0.29) is 39.1 Å². The van der Waals surface area contributed by atoms with E-state index in [0.717, 1.165) is 5.56 Å². The number of nitrogens with zero attached hydrogens (tertiary/aromatic N) is 1. The number of urea groups is 1. The first kappa shape index (κ1) is 31.8. The lowest BCUT2D eigenvalue weighted by atomic mass is 10.1. The molecule has 0 fully saturated rings. The third kappa shape index (κ3) is 10.3. The van der Waals surface area contributed by atoms with Gasteiger partial charge in [0, 0.05) is 25.3 Å². The quantitative estimate of drug-likeness (QED) is 0.220. The van der Waals surface area contributed by atoms with Crippen LogP contribution in [0, 0.1) is 6.92 Å². The lowest BCUT2D eigenvalue weighted by Gasteiger charge is -2.25. The zero-order chi connectivity index (χ0) is 29.1. The molecular formula is C26H31F5N2O6. The van der Waals surface area contributed by atoms with Gasteiger partial charge >= 0.3 is 24.3 Å². The van der Waals surface area contributed by atoms with Crippen LogP contribution < -0.4 is 10.1 Å². The van der Waals surface area contributed by atoms with Crippen LogP contribution in [0.15, 0.2) is 48.5 Å². The van der Waals surface area contributed by atoms with Crippen LogP contribution in [0.4, 0.5) is 32.4 Å². The molecule has 0 aromatic heterocycles. The molecule has 0 aliphatic carbocycles. The molecule has 0 heterocycles. The van der Waals surface area contributed by atoms with E-state index in [1.807, 2.05) is 0 Å². The van der Waals surface area contributed by atoms with Crippen molar-refractivity contribution in [2.24, 2.45) is 0 Å². The lowest BCUT2D eigenvalue weighted by molar-refractivity contribution is -0.391. The molecule has 0 spiro atoms. The second kappa shape index (κ2) is 14.6. The number of para-hydroxylation sites is 1. The number of aliphatic carboxylic acids is 1. The van der Waals surface area contributed by atoms with E-state index >= 15 is 0 Å². The van der Waals surface area contributed by atoms with E-state index in [0.29, 0.717) is 17.0 Å². The maximum Gasteiger partial charge on any atom is 0.482 e. The summed E-state index contributed by atoms with van der Waals surface area (Å²) in [6, 6.07) is 12.9. The number of hydrogen-bond acceptors (Lipinski definition) is 5. The molecule has 2 N–H and O–H groups in total. The molecule has 0 bridgehead atoms. The largest absolute Gasteiger partial charge is 0.492 e. The van der Waals surface area contributed by atoms with Crippen LogP contribution in [0.5, 0.6) is 5.75 Å². The predicted octanol–water partition coefficient (Wildman–Crippen LogP) is 5.50. The number of rotatable bonds is 15. The Labute approximate surface area is 222 Å². The van der Waals surface area contributed by atoms with Gasteiger partial charge in [-0.3, -0.25) is 0 Å². The summed E-state index contributed by atoms with van der Waals surface area (Å²) in [6.45, 7) is 2.58. The van der Waals surface area contributed by atoms with E-state index in [1.165, 1.54) is 4.90 Å². The number of carbonyl (C=O) groups excluding carboxylic acids is 1. The zero-order valence-corrected chi connectivity index (χ0v) is 21.5. The van der Waals surface area contributed by atoms with Gasteiger partial charge in [0.2, 0.25) is 0 Å². The van der Waals surface area contributed by atoms with Crippen molar-refractivity contribution in [1.82, 2.24) is 4.90 Å². The lowest BCUT2D eigenvalue weighted by Crippen LogP contribution is -2.41. The molecule has 2 aromatic carbocycles. The number of hydrogen-bond donors (Lipinski definition) is 2. The summed E-state index contributed by atoms with van der Waals surface area (Å²) in [5, 5.41) is 11.9. The Morgan fingerprint density at radius 1 is 1.00 bits per heavy atom. The smallest absolute Gasteiger partial charge is 0.482 e. The highest BCUT2D eigenvalue weighted by atomic mass is 19.4. The van der Waals surface area contributed by atoms with Gasteiger partial charge in [-0.15, -0.1) is 0 Å². The van der Waals surface area contributed by atoms with Crippen molar-refractivity contribution < 1.29 is 50.9 Å². The van der Waals surface area contributed by atoms with E-state index < -0.39 is 37.0 Å². The second-order valence-electron chi connectivity index (χ2n) is 8.43. The summed E-state index contributed by atoms with van der Waals surface area (Å²) in [6.07, 6.45) is -12.2. The average molecular weight is 563 g/mol. The maximum absolute atomic E-state index is 13.0. The molecule has 0 aliphatic heterocycles. The highest BCUT2D eigenvalue weighted by molar-refractivity contribution is 5.90. The molecule has 2 rings (SSSR count). The Hall–Kier alpha value is -3.45. The van der Waals surface area contributed by atoms with Gasteiger partial charge in [0.05, 0.1) is 13.2 Å². The number of carboxylic acids is 1. The van der Waals surface area contributed by atoms with Crippen molar-refractivity contribution in [3.63, 3.8) is 0 Å². The number of halogens is 5. The fraction of sp³-hybridized carbons (Fsp3) is 0.462. The number of benzene rings is 2. The van der Waals surface area contributed by atoms with Crippen LogP contribution in [-0.4, -0.2) is 73.3 Å². The molecule has 8 nitrogen and oxygen atoms in total. The summed E-state index contributed by atoms with van der Waals surface area (Å²) in [4.78, 5) is 25.3. The van der Waals surface area contributed by atoms with Gasteiger partial charge in [-0.25, -0.2) is 9.59 Å². The van der Waals surface area contributed by atoms with Crippen LogP contribution in [0.3, 0.4) is 0 Å². The van der Waals surface area contributed by atoms with Crippen LogP contribution in [-0.2, 0) is 20.7 Å². The molecular weight excluding hydrogens is 531 g/mol. The molecule has 2 amide bonds. The number of carbonyl (C=O) groups is 2. The number of amides is 2. The Morgan fingerprint density at radius 2 is 1.67 bits per heavy atom. The average Bonchev–Trinajstić information content (AvgIpc) is 2.86. The Kier molecular flexibility index (Phi) is 11.9. The van der Waals surface area contributed by atoms with Crippen molar-refractivity contribution >= 4 is 17.7 Å². The highest BCUT2D eigenvalue weighted by Gasteiger charge is 2.59. The monoisotopic (exact) mass is 562 g/mol. The minimum absolute atomic E-state index is 0.0133. The van der Waals surface area contributed by atoms with Crippen LogP contribution in [0.25, 0.3) is 0 Å². The molecule has 2 aromatic rings. The molecule has 13 heteroatoms. The predicted molar refractivity (Wildman–Crippen MR) is 132 cm³/mol. The summed E-state index contributed by atoms with van der Waals surface area (Å²) >= 11 is 0. The summed E-state index contributed by atoms with van der Waals surface area (Å²) in [7, 11) is 0. The number of alkyl halides is 5. The Balaban J connectivity index is 1.97. The van der Waals surface area contributed by atoms with Gasteiger partial charge in [-0.2, -0.15) is 22.0 Å². The normalized spacial score (nSPS) is 12.6. The van der Waals surface area contributed by atoms with Gasteiger partial charge < -0.3 is 29.5 Å². The standard InChI is InChI=1S/C26H31F5N2O6/c1-3-37-22(23(34)35)17-19-9-11-20(12-10-19)38-16-14-33(13-6-15-39-26(30,31)25(27,28)29)24(36)32-21-8-5-4-7-18(21)2/h4-5,7-12,22H,3,6,13-17H2,1-2H3,(H,32,36)(H,34,35). The number of anilines is 1. The minimum Gasteiger partial charge on any atom is -0.492 e. The van der Waals surface area contributed by atoms with Crippen molar-refractivity contribution in [2.75, 3.05) is 38.2 Å². The molecule has 39 heavy (non-hydrogen) atoms. The minimum atomic E-state index is -5.84. The summed E-state index contributed by atoms with van der Waals surface area (Å²) in [5.74, 6) is -0.650. The fourth-order valence-corrected chi connectivity index (χ4v) is 3.39. The topological polar surface area (TPSA) is 97.3 Å². The highest BCUT2D eigenvalue weighted by Crippen LogP contribution is 2.36. The first-order chi connectivity index (χ1) is 18.3. The van der Waals surface area contributed by atoms with Crippen molar-refractivity contribution in [1.29, 1.82) is 0 Å². The van der Waals surface area contributed by atoms with Gasteiger partial charge in [-0.1, -0.05) is 30.3 Å². The Morgan fingerprint density at radius 3 is 2.26 bits per heavy atom. The van der Waals surface area contributed by atoms with E-state index in [2.05, 4.69) is 10.1 Å². The van der Waals surface area contributed by atoms with Crippen LogP contribution in [0.2, 0.25) is 0 Å². The first-order valence-electron chi connectivity index (χ1n) is 12.1. The third-order valence-corrected chi connectivity index (χ3v) is 5.48. The van der Waals surface area contributed by atoms with Crippen LogP contribution >= 0.6 is 0 Å².